The summed E-state index contributed by atoms with van der Waals surface area (Å²) >= 11 is 23.7. The van der Waals surface area contributed by atoms with E-state index in [-0.39, 0.29) is 44.7 Å². The Morgan fingerprint density at radius 3 is 2.16 bits per heavy atom. The average Bonchev–Trinajstić information content (AvgIpc) is 2.57. The van der Waals surface area contributed by atoms with Gasteiger partial charge in [0.15, 0.2) is 5.75 Å². The van der Waals surface area contributed by atoms with Crippen LogP contribution in [0.3, 0.4) is 0 Å². The van der Waals surface area contributed by atoms with Crippen LogP contribution in [-0.4, -0.2) is 18.5 Å². The summed E-state index contributed by atoms with van der Waals surface area (Å²) in [5.41, 5.74) is 0. The van der Waals surface area contributed by atoms with E-state index in [9.17, 15) is 9.59 Å². The van der Waals surface area contributed by atoms with Crippen LogP contribution in [0, 0.1) is 0 Å². The van der Waals surface area contributed by atoms with E-state index in [4.69, 9.17) is 55.9 Å². The van der Waals surface area contributed by atoms with Crippen molar-refractivity contribution in [2.75, 3.05) is 6.61 Å². The summed E-state index contributed by atoms with van der Waals surface area (Å²) in [6, 6.07) is 1.36. The highest BCUT2D eigenvalue weighted by Crippen LogP contribution is 2.42. The molecule has 0 aromatic heterocycles. The first-order valence-electron chi connectivity index (χ1n) is 8.06. The van der Waals surface area contributed by atoms with Gasteiger partial charge < -0.3 is 9.47 Å². The van der Waals surface area contributed by atoms with Gasteiger partial charge in [-0.1, -0.05) is 66.2 Å². The second-order valence-corrected chi connectivity index (χ2v) is 6.98. The number of ether oxygens (including phenoxy) is 2. The van der Waals surface area contributed by atoms with E-state index in [1.807, 2.05) is 0 Å². The molecule has 0 aliphatic rings. The van der Waals surface area contributed by atoms with Crippen molar-refractivity contribution in [3.63, 3.8) is 0 Å². The molecule has 0 radical (unpaired) electrons. The average molecular weight is 430 g/mol. The van der Waals surface area contributed by atoms with Gasteiger partial charge in [-0.15, -0.1) is 0 Å². The van der Waals surface area contributed by atoms with E-state index in [0.717, 1.165) is 19.3 Å². The predicted molar refractivity (Wildman–Crippen MR) is 101 cm³/mol. The molecule has 4 nitrogen and oxygen atoms in total. The quantitative estimate of drug-likeness (QED) is 0.140. The number of benzene rings is 1. The lowest BCUT2D eigenvalue weighted by atomic mass is 10.2. The SMILES string of the molecule is CCCCCOC(=O)CCCCC(=O)Oc1c(Cl)cc(Cl)c(Cl)c1Cl. The Balaban J connectivity index is 2.32. The van der Waals surface area contributed by atoms with Crippen molar-refractivity contribution >= 4 is 58.3 Å². The maximum absolute atomic E-state index is 11.9. The molecule has 0 saturated carbocycles. The topological polar surface area (TPSA) is 52.6 Å². The first-order valence-corrected chi connectivity index (χ1v) is 9.57. The fraction of sp³-hybridized carbons (Fsp3) is 0.529. The van der Waals surface area contributed by atoms with Gasteiger partial charge in [0, 0.05) is 12.8 Å². The summed E-state index contributed by atoms with van der Waals surface area (Å²) in [7, 11) is 0. The van der Waals surface area contributed by atoms with Gasteiger partial charge in [-0.3, -0.25) is 9.59 Å². The molecule has 0 aliphatic carbocycles. The minimum absolute atomic E-state index is 0.0110. The van der Waals surface area contributed by atoms with Crippen LogP contribution in [-0.2, 0) is 14.3 Å². The fourth-order valence-electron chi connectivity index (χ4n) is 1.96. The van der Waals surface area contributed by atoms with Gasteiger partial charge in [-0.05, 0) is 25.3 Å². The second-order valence-electron chi connectivity index (χ2n) is 5.41. The molecule has 1 aromatic rings. The van der Waals surface area contributed by atoms with Gasteiger partial charge >= 0.3 is 11.9 Å². The zero-order chi connectivity index (χ0) is 18.8. The molecule has 1 rings (SSSR count). The Kier molecular flexibility index (Phi) is 10.6. The number of carbonyl (C=O) groups excluding carboxylic acids is 2. The van der Waals surface area contributed by atoms with Crippen LogP contribution >= 0.6 is 46.4 Å². The van der Waals surface area contributed by atoms with Crippen LogP contribution in [0.1, 0.15) is 51.9 Å². The van der Waals surface area contributed by atoms with Crippen LogP contribution < -0.4 is 4.74 Å². The van der Waals surface area contributed by atoms with E-state index in [2.05, 4.69) is 6.92 Å². The van der Waals surface area contributed by atoms with Gasteiger partial charge in [0.05, 0.1) is 21.7 Å². The van der Waals surface area contributed by atoms with Crippen molar-refractivity contribution in [3.8, 4) is 5.75 Å². The lowest BCUT2D eigenvalue weighted by Gasteiger charge is -2.10. The minimum atomic E-state index is -0.515. The number of rotatable bonds is 10. The molecular formula is C17H20Cl4O4. The van der Waals surface area contributed by atoms with E-state index in [0.29, 0.717) is 19.4 Å². The first kappa shape index (κ1) is 22.4. The van der Waals surface area contributed by atoms with Gasteiger partial charge in [0.25, 0.3) is 0 Å². The maximum Gasteiger partial charge on any atom is 0.311 e. The number of hydrogen-bond donors (Lipinski definition) is 0. The molecule has 25 heavy (non-hydrogen) atoms. The number of hydrogen-bond acceptors (Lipinski definition) is 4. The van der Waals surface area contributed by atoms with Gasteiger partial charge in [-0.2, -0.15) is 0 Å². The highest BCUT2D eigenvalue weighted by Gasteiger charge is 2.18. The summed E-state index contributed by atoms with van der Waals surface area (Å²) in [6.07, 6.45) is 4.40. The largest absolute Gasteiger partial charge is 0.466 e. The molecule has 0 bridgehead atoms. The highest BCUT2D eigenvalue weighted by atomic mass is 35.5. The number of halogens is 4. The zero-order valence-electron chi connectivity index (χ0n) is 13.9. The zero-order valence-corrected chi connectivity index (χ0v) is 16.9. The minimum Gasteiger partial charge on any atom is -0.466 e. The van der Waals surface area contributed by atoms with Gasteiger partial charge in [0.1, 0.15) is 5.02 Å². The number of carbonyl (C=O) groups is 2. The molecule has 0 N–H and O–H groups in total. The van der Waals surface area contributed by atoms with Crippen LogP contribution in [0.15, 0.2) is 6.07 Å². The lowest BCUT2D eigenvalue weighted by Crippen LogP contribution is -2.10. The van der Waals surface area contributed by atoms with E-state index in [1.54, 1.807) is 0 Å². The Hall–Kier alpha value is -0.680. The second kappa shape index (κ2) is 11.8. The molecule has 0 saturated heterocycles. The Morgan fingerprint density at radius 1 is 0.880 bits per heavy atom. The first-order chi connectivity index (χ1) is 11.9. The summed E-state index contributed by atoms with van der Waals surface area (Å²) in [4.78, 5) is 23.4. The van der Waals surface area contributed by atoms with Crippen molar-refractivity contribution < 1.29 is 19.1 Å². The van der Waals surface area contributed by atoms with Crippen LogP contribution in [0.2, 0.25) is 20.1 Å². The van der Waals surface area contributed by atoms with Crippen LogP contribution in [0.25, 0.3) is 0 Å². The van der Waals surface area contributed by atoms with Gasteiger partial charge in [-0.25, -0.2) is 0 Å². The van der Waals surface area contributed by atoms with Crippen molar-refractivity contribution in [2.24, 2.45) is 0 Å². The summed E-state index contributed by atoms with van der Waals surface area (Å²) in [5, 5.41) is 0.335. The smallest absolute Gasteiger partial charge is 0.311 e. The normalized spacial score (nSPS) is 10.6. The highest BCUT2D eigenvalue weighted by molar-refractivity contribution is 6.50. The van der Waals surface area contributed by atoms with Crippen molar-refractivity contribution in [1.29, 1.82) is 0 Å². The van der Waals surface area contributed by atoms with Crippen molar-refractivity contribution in [3.05, 3.63) is 26.2 Å². The molecule has 0 amide bonds. The molecule has 140 valence electrons. The Labute approximate surface area is 167 Å². The van der Waals surface area contributed by atoms with Crippen molar-refractivity contribution in [1.82, 2.24) is 0 Å². The molecule has 0 heterocycles. The Bertz CT molecular complexity index is 605. The van der Waals surface area contributed by atoms with E-state index >= 15 is 0 Å². The number of esters is 2. The molecule has 1 aromatic carbocycles. The van der Waals surface area contributed by atoms with E-state index in [1.165, 1.54) is 6.07 Å². The van der Waals surface area contributed by atoms with Crippen molar-refractivity contribution in [2.45, 2.75) is 51.9 Å². The monoisotopic (exact) mass is 428 g/mol. The van der Waals surface area contributed by atoms with Gasteiger partial charge in [0.2, 0.25) is 0 Å². The number of unbranched alkanes of at least 4 members (excludes halogenated alkanes) is 3. The maximum atomic E-state index is 11.9. The van der Waals surface area contributed by atoms with Crippen LogP contribution in [0.5, 0.6) is 5.75 Å². The van der Waals surface area contributed by atoms with E-state index < -0.39 is 5.97 Å². The standard InChI is InChI=1S/C17H20Cl4O4/c1-2-3-6-9-24-13(22)7-4-5-8-14(23)25-17-12(19)10-11(18)15(20)16(17)21/h10H,2-9H2,1H3. The third-order valence-corrected chi connectivity index (χ3v) is 4.84. The molecule has 0 fully saturated rings. The molecular weight excluding hydrogens is 410 g/mol. The predicted octanol–water partition coefficient (Wildman–Crippen LogP) is 6.50. The third kappa shape index (κ3) is 8.04. The lowest BCUT2D eigenvalue weighted by molar-refractivity contribution is -0.144. The van der Waals surface area contributed by atoms with Crippen LogP contribution in [0.4, 0.5) is 0 Å². The third-order valence-electron chi connectivity index (χ3n) is 3.31. The summed E-state index contributed by atoms with van der Waals surface area (Å²) in [5.74, 6) is -0.781. The Morgan fingerprint density at radius 2 is 1.52 bits per heavy atom. The summed E-state index contributed by atoms with van der Waals surface area (Å²) in [6.45, 7) is 2.53. The molecule has 8 heteroatoms. The molecule has 0 aliphatic heterocycles. The fourth-order valence-corrected chi connectivity index (χ4v) is 2.94. The molecule has 0 spiro atoms. The molecule has 0 unspecified atom stereocenters. The summed E-state index contributed by atoms with van der Waals surface area (Å²) < 4.78 is 10.2. The molecule has 0 atom stereocenters.